The van der Waals surface area contributed by atoms with Crippen molar-refractivity contribution >= 4 is 0 Å². The highest BCUT2D eigenvalue weighted by Gasteiger charge is 1.93. The molecule has 0 heterocycles. The predicted octanol–water partition coefficient (Wildman–Crippen LogP) is 3.84. The quantitative estimate of drug-likeness (QED) is 0.640. The lowest BCUT2D eigenvalue weighted by atomic mass is 10.1. The number of allylic oxidation sites excluding steroid dienone is 4. The van der Waals surface area contributed by atoms with Crippen LogP contribution in [0.1, 0.15) is 53.4 Å². The van der Waals surface area contributed by atoms with Crippen LogP contribution < -0.4 is 0 Å². The molecule has 0 aromatic carbocycles. The van der Waals surface area contributed by atoms with E-state index < -0.39 is 0 Å². The summed E-state index contributed by atoms with van der Waals surface area (Å²) in [4.78, 5) is 0. The van der Waals surface area contributed by atoms with Crippen molar-refractivity contribution in [2.45, 2.75) is 59.5 Å². The second kappa shape index (κ2) is 7.81. The number of hydrogen-bond acceptors (Lipinski definition) is 1. The van der Waals surface area contributed by atoms with Gasteiger partial charge < -0.3 is 5.11 Å². The van der Waals surface area contributed by atoms with Crippen LogP contribution in [0.15, 0.2) is 23.3 Å². The van der Waals surface area contributed by atoms with Gasteiger partial charge in [-0.05, 0) is 53.4 Å². The molecule has 0 radical (unpaired) electrons. The molecule has 0 aliphatic carbocycles. The zero-order valence-electron chi connectivity index (χ0n) is 10.0. The molecule has 0 saturated carbocycles. The molecule has 0 spiro atoms. The van der Waals surface area contributed by atoms with Gasteiger partial charge in [-0.1, -0.05) is 23.3 Å². The molecule has 0 bridgehead atoms. The summed E-state index contributed by atoms with van der Waals surface area (Å²) in [5.74, 6) is 0. The Morgan fingerprint density at radius 2 is 1.79 bits per heavy atom. The summed E-state index contributed by atoms with van der Waals surface area (Å²) in [5.41, 5.74) is 2.82. The minimum atomic E-state index is -0.170. The summed E-state index contributed by atoms with van der Waals surface area (Å²) in [7, 11) is 0. The molecule has 14 heavy (non-hydrogen) atoms. The Morgan fingerprint density at radius 3 is 2.29 bits per heavy atom. The Hall–Kier alpha value is -0.560. The Morgan fingerprint density at radius 1 is 1.14 bits per heavy atom. The summed E-state index contributed by atoms with van der Waals surface area (Å²) in [6.07, 6.45) is 8.50. The van der Waals surface area contributed by atoms with Gasteiger partial charge in [-0.2, -0.15) is 0 Å². The van der Waals surface area contributed by atoms with Crippen LogP contribution in [-0.4, -0.2) is 11.2 Å². The molecule has 0 aromatic heterocycles. The highest BCUT2D eigenvalue weighted by Crippen LogP contribution is 2.09. The van der Waals surface area contributed by atoms with E-state index in [1.54, 1.807) is 0 Å². The van der Waals surface area contributed by atoms with Gasteiger partial charge in [0, 0.05) is 0 Å². The van der Waals surface area contributed by atoms with E-state index in [9.17, 15) is 0 Å². The van der Waals surface area contributed by atoms with Crippen molar-refractivity contribution in [2.24, 2.45) is 0 Å². The fourth-order valence-electron chi connectivity index (χ4n) is 1.26. The molecule has 0 aliphatic heterocycles. The van der Waals surface area contributed by atoms with Crippen molar-refractivity contribution in [3.05, 3.63) is 23.3 Å². The van der Waals surface area contributed by atoms with E-state index in [1.807, 2.05) is 6.92 Å². The first-order valence-electron chi connectivity index (χ1n) is 5.49. The van der Waals surface area contributed by atoms with Crippen LogP contribution in [0.2, 0.25) is 0 Å². The minimum absolute atomic E-state index is 0.170. The number of hydrogen-bond donors (Lipinski definition) is 1. The lowest BCUT2D eigenvalue weighted by Crippen LogP contribution is -1.97. The molecule has 1 heteroatoms. The van der Waals surface area contributed by atoms with Crippen LogP contribution in [0, 0.1) is 0 Å². The second-order valence-electron chi connectivity index (χ2n) is 4.30. The summed E-state index contributed by atoms with van der Waals surface area (Å²) in [6.45, 7) is 8.27. The summed E-state index contributed by atoms with van der Waals surface area (Å²) < 4.78 is 0. The van der Waals surface area contributed by atoms with E-state index in [4.69, 9.17) is 5.11 Å². The molecule has 0 amide bonds. The van der Waals surface area contributed by atoms with Crippen molar-refractivity contribution in [3.63, 3.8) is 0 Å². The van der Waals surface area contributed by atoms with Crippen molar-refractivity contribution in [1.82, 2.24) is 0 Å². The standard InChI is InChI=1S/C13H24O/c1-11(2)7-5-8-12(3)9-6-10-13(4)14/h7,9,13-14H,5-6,8,10H2,1-4H3/b12-9-/t13-/m1/s1. The maximum absolute atomic E-state index is 9.08. The van der Waals surface area contributed by atoms with Crippen molar-refractivity contribution in [1.29, 1.82) is 0 Å². The van der Waals surface area contributed by atoms with Crippen LogP contribution in [0.3, 0.4) is 0 Å². The molecule has 1 nitrogen and oxygen atoms in total. The van der Waals surface area contributed by atoms with E-state index in [0.29, 0.717) is 0 Å². The first-order chi connectivity index (χ1) is 6.52. The lowest BCUT2D eigenvalue weighted by Gasteiger charge is -2.02. The molecule has 82 valence electrons. The van der Waals surface area contributed by atoms with Gasteiger partial charge in [0.2, 0.25) is 0 Å². The molecule has 0 aromatic rings. The molecular formula is C13H24O. The third-order valence-corrected chi connectivity index (χ3v) is 2.17. The molecule has 1 N–H and O–H groups in total. The van der Waals surface area contributed by atoms with Gasteiger partial charge in [0.05, 0.1) is 6.10 Å². The Labute approximate surface area is 88.5 Å². The zero-order chi connectivity index (χ0) is 11.0. The monoisotopic (exact) mass is 196 g/mol. The minimum Gasteiger partial charge on any atom is -0.393 e. The summed E-state index contributed by atoms with van der Waals surface area (Å²) in [5, 5.41) is 9.08. The molecular weight excluding hydrogens is 172 g/mol. The molecule has 0 unspecified atom stereocenters. The van der Waals surface area contributed by atoms with Crippen LogP contribution in [0.25, 0.3) is 0 Å². The molecule has 0 saturated heterocycles. The van der Waals surface area contributed by atoms with Gasteiger partial charge in [-0.25, -0.2) is 0 Å². The first kappa shape index (κ1) is 13.4. The predicted molar refractivity (Wildman–Crippen MR) is 63.3 cm³/mol. The normalized spacial score (nSPS) is 13.9. The van der Waals surface area contributed by atoms with E-state index in [-0.39, 0.29) is 6.10 Å². The Kier molecular flexibility index (Phi) is 7.50. The third-order valence-electron chi connectivity index (χ3n) is 2.17. The van der Waals surface area contributed by atoms with Crippen molar-refractivity contribution in [2.75, 3.05) is 0 Å². The molecule has 0 fully saturated rings. The van der Waals surface area contributed by atoms with Gasteiger partial charge in [-0.3, -0.25) is 0 Å². The fourth-order valence-corrected chi connectivity index (χ4v) is 1.26. The van der Waals surface area contributed by atoms with Crippen molar-refractivity contribution in [3.8, 4) is 0 Å². The van der Waals surface area contributed by atoms with Crippen molar-refractivity contribution < 1.29 is 5.11 Å². The Bertz CT molecular complexity index is 195. The zero-order valence-corrected chi connectivity index (χ0v) is 10.0. The highest BCUT2D eigenvalue weighted by molar-refractivity contribution is 5.02. The van der Waals surface area contributed by atoms with E-state index in [0.717, 1.165) is 25.7 Å². The van der Waals surface area contributed by atoms with E-state index in [1.165, 1.54) is 11.1 Å². The average molecular weight is 196 g/mol. The smallest absolute Gasteiger partial charge is 0.0515 e. The van der Waals surface area contributed by atoms with Crippen LogP contribution >= 0.6 is 0 Å². The maximum Gasteiger partial charge on any atom is 0.0515 e. The number of aliphatic hydroxyl groups is 1. The third kappa shape index (κ3) is 9.53. The van der Waals surface area contributed by atoms with Crippen LogP contribution in [0.4, 0.5) is 0 Å². The molecule has 0 aliphatic rings. The number of rotatable bonds is 6. The van der Waals surface area contributed by atoms with Crippen LogP contribution in [-0.2, 0) is 0 Å². The largest absolute Gasteiger partial charge is 0.393 e. The first-order valence-corrected chi connectivity index (χ1v) is 5.49. The lowest BCUT2D eigenvalue weighted by molar-refractivity contribution is 0.186. The van der Waals surface area contributed by atoms with Gasteiger partial charge in [0.15, 0.2) is 0 Å². The average Bonchev–Trinajstić information content (AvgIpc) is 2.02. The maximum atomic E-state index is 9.08. The van der Waals surface area contributed by atoms with E-state index in [2.05, 4.69) is 32.9 Å². The van der Waals surface area contributed by atoms with Gasteiger partial charge in [0.1, 0.15) is 0 Å². The van der Waals surface area contributed by atoms with E-state index >= 15 is 0 Å². The molecule has 0 rings (SSSR count). The van der Waals surface area contributed by atoms with Crippen LogP contribution in [0.5, 0.6) is 0 Å². The second-order valence-corrected chi connectivity index (χ2v) is 4.30. The van der Waals surface area contributed by atoms with Gasteiger partial charge in [-0.15, -0.1) is 0 Å². The Balaban J connectivity index is 3.62. The summed E-state index contributed by atoms with van der Waals surface area (Å²) >= 11 is 0. The van der Waals surface area contributed by atoms with Gasteiger partial charge in [0.25, 0.3) is 0 Å². The fraction of sp³-hybridized carbons (Fsp3) is 0.692. The van der Waals surface area contributed by atoms with Gasteiger partial charge >= 0.3 is 0 Å². The topological polar surface area (TPSA) is 20.2 Å². The SMILES string of the molecule is CC(C)=CCC/C(C)=C\CC[C@@H](C)O. The molecule has 1 atom stereocenters. The highest BCUT2D eigenvalue weighted by atomic mass is 16.3. The summed E-state index contributed by atoms with van der Waals surface area (Å²) in [6, 6.07) is 0. The number of aliphatic hydroxyl groups excluding tert-OH is 1.